The summed E-state index contributed by atoms with van der Waals surface area (Å²) in [6.45, 7) is 4.20. The number of rotatable bonds is 3. The molecule has 0 spiro atoms. The highest BCUT2D eigenvalue weighted by atomic mass is 16.1. The molecule has 5 heteroatoms. The lowest BCUT2D eigenvalue weighted by Gasteiger charge is -2.10. The summed E-state index contributed by atoms with van der Waals surface area (Å²) in [6.07, 6.45) is 3.27. The monoisotopic (exact) mass is 266 g/mol. The van der Waals surface area contributed by atoms with Crippen LogP contribution in [0.3, 0.4) is 0 Å². The van der Waals surface area contributed by atoms with Gasteiger partial charge in [0.25, 0.3) is 5.56 Å². The second-order valence-electron chi connectivity index (χ2n) is 4.43. The zero-order valence-electron chi connectivity index (χ0n) is 10.8. The minimum absolute atomic E-state index is 0.119. The van der Waals surface area contributed by atoms with Crippen LogP contribution >= 0.6 is 0 Å². The van der Waals surface area contributed by atoms with Crippen molar-refractivity contribution in [2.45, 2.75) is 6.54 Å². The molecule has 100 valence electrons. The molecular formula is C15H14N4O. The van der Waals surface area contributed by atoms with Crippen LogP contribution in [0.5, 0.6) is 0 Å². The number of nitrogens with zero attached hydrogens (tertiary/aromatic N) is 2. The Morgan fingerprint density at radius 2 is 2.05 bits per heavy atom. The van der Waals surface area contributed by atoms with Gasteiger partial charge in [0.05, 0.1) is 11.1 Å². The topological polar surface area (TPSA) is 76.7 Å². The maximum Gasteiger partial charge on any atom is 0.267 e. The smallest absolute Gasteiger partial charge is 0.267 e. The first-order chi connectivity index (χ1) is 9.74. The molecule has 0 aliphatic carbocycles. The summed E-state index contributed by atoms with van der Waals surface area (Å²) in [5, 5.41) is 0.554. The molecule has 3 aromatic rings. The van der Waals surface area contributed by atoms with Crippen molar-refractivity contribution >= 4 is 17.1 Å². The van der Waals surface area contributed by atoms with Gasteiger partial charge >= 0.3 is 0 Å². The Morgan fingerprint density at radius 1 is 1.30 bits per heavy atom. The molecule has 20 heavy (non-hydrogen) atoms. The number of benzene rings is 1. The third-order valence-corrected chi connectivity index (χ3v) is 3.23. The predicted molar refractivity (Wildman–Crippen MR) is 79.7 cm³/mol. The summed E-state index contributed by atoms with van der Waals surface area (Å²) in [7, 11) is 0. The molecule has 0 aliphatic heterocycles. The summed E-state index contributed by atoms with van der Waals surface area (Å²) < 4.78 is 1.55. The van der Waals surface area contributed by atoms with Crippen LogP contribution < -0.4 is 11.3 Å². The highest BCUT2D eigenvalue weighted by molar-refractivity contribution is 5.75. The van der Waals surface area contributed by atoms with Gasteiger partial charge in [0.2, 0.25) is 0 Å². The molecule has 2 heterocycles. The molecule has 0 unspecified atom stereocenters. The van der Waals surface area contributed by atoms with Gasteiger partial charge in [-0.1, -0.05) is 18.7 Å². The van der Waals surface area contributed by atoms with Crippen molar-refractivity contribution in [1.29, 1.82) is 0 Å². The number of fused-ring (bicyclic) bond motifs is 1. The van der Waals surface area contributed by atoms with E-state index in [1.165, 1.54) is 0 Å². The molecule has 0 fully saturated rings. The van der Waals surface area contributed by atoms with E-state index in [-0.39, 0.29) is 5.56 Å². The van der Waals surface area contributed by atoms with Crippen molar-refractivity contribution in [2.24, 2.45) is 5.73 Å². The second-order valence-corrected chi connectivity index (χ2v) is 4.43. The summed E-state index contributed by atoms with van der Waals surface area (Å²) in [5.74, 6) is 0.505. The van der Waals surface area contributed by atoms with Crippen LogP contribution in [0.1, 0.15) is 11.4 Å². The summed E-state index contributed by atoms with van der Waals surface area (Å²) in [4.78, 5) is 19.9. The third-order valence-electron chi connectivity index (χ3n) is 3.23. The van der Waals surface area contributed by atoms with E-state index >= 15 is 0 Å². The maximum atomic E-state index is 12.6. The van der Waals surface area contributed by atoms with E-state index in [1.807, 2.05) is 24.3 Å². The van der Waals surface area contributed by atoms with E-state index in [9.17, 15) is 4.79 Å². The van der Waals surface area contributed by atoms with Crippen molar-refractivity contribution in [3.63, 3.8) is 0 Å². The summed E-state index contributed by atoms with van der Waals surface area (Å²) in [5.41, 5.74) is 7.79. The third kappa shape index (κ3) is 1.85. The molecule has 0 saturated carbocycles. The van der Waals surface area contributed by atoms with E-state index < -0.39 is 0 Å². The van der Waals surface area contributed by atoms with Gasteiger partial charge in [-0.05, 0) is 29.8 Å². The lowest BCUT2D eigenvalue weighted by molar-refractivity contribution is 0.938. The Hall–Kier alpha value is -2.66. The summed E-state index contributed by atoms with van der Waals surface area (Å²) >= 11 is 0. The Bertz CT molecular complexity index is 827. The van der Waals surface area contributed by atoms with E-state index in [4.69, 9.17) is 5.73 Å². The van der Waals surface area contributed by atoms with Gasteiger partial charge in [-0.3, -0.25) is 9.36 Å². The van der Waals surface area contributed by atoms with Crippen molar-refractivity contribution in [3.05, 3.63) is 64.8 Å². The average molecular weight is 266 g/mol. The fourth-order valence-electron chi connectivity index (χ4n) is 2.18. The fraction of sp³-hybridized carbons (Fsp3) is 0.0667. The zero-order chi connectivity index (χ0) is 14.1. The minimum atomic E-state index is -0.119. The minimum Gasteiger partial charge on any atom is -0.346 e. The van der Waals surface area contributed by atoms with E-state index in [0.29, 0.717) is 23.4 Å². The van der Waals surface area contributed by atoms with Gasteiger partial charge in [-0.15, -0.1) is 0 Å². The van der Waals surface area contributed by atoms with Gasteiger partial charge in [0.15, 0.2) is 0 Å². The fourth-order valence-corrected chi connectivity index (χ4v) is 2.18. The number of nitrogens with two attached hydrogens (primary N) is 1. The van der Waals surface area contributed by atoms with Crippen LogP contribution in [0.2, 0.25) is 0 Å². The first-order valence-corrected chi connectivity index (χ1v) is 6.26. The van der Waals surface area contributed by atoms with Gasteiger partial charge in [-0.25, -0.2) is 4.98 Å². The SMILES string of the molecule is C=Cc1nc2[nH]ccc2c(=O)n1-c1ccc(CN)cc1. The van der Waals surface area contributed by atoms with Gasteiger partial charge in [0, 0.05) is 12.7 Å². The molecule has 0 saturated heterocycles. The highest BCUT2D eigenvalue weighted by Crippen LogP contribution is 2.13. The molecule has 2 aromatic heterocycles. The molecule has 3 rings (SSSR count). The molecule has 3 N–H and O–H groups in total. The predicted octanol–water partition coefficient (Wildman–Crippen LogP) is 1.82. The van der Waals surface area contributed by atoms with Gasteiger partial charge in [0.1, 0.15) is 11.5 Å². The van der Waals surface area contributed by atoms with Crippen LogP contribution in [-0.4, -0.2) is 14.5 Å². The molecule has 0 radical (unpaired) electrons. The molecule has 0 bridgehead atoms. The van der Waals surface area contributed by atoms with Crippen molar-refractivity contribution in [3.8, 4) is 5.69 Å². The number of aromatic amines is 1. The molecule has 0 aliphatic rings. The van der Waals surface area contributed by atoms with Crippen LogP contribution in [0.25, 0.3) is 22.8 Å². The number of aromatic nitrogens is 3. The summed E-state index contributed by atoms with van der Waals surface area (Å²) in [6, 6.07) is 9.24. The van der Waals surface area contributed by atoms with Crippen molar-refractivity contribution in [1.82, 2.24) is 14.5 Å². The molecule has 0 atom stereocenters. The van der Waals surface area contributed by atoms with E-state index in [2.05, 4.69) is 16.5 Å². The van der Waals surface area contributed by atoms with E-state index in [1.54, 1.807) is 22.9 Å². The Balaban J connectivity index is 2.30. The number of hydrogen-bond donors (Lipinski definition) is 2. The lowest BCUT2D eigenvalue weighted by atomic mass is 10.2. The average Bonchev–Trinajstić information content (AvgIpc) is 2.96. The lowest BCUT2D eigenvalue weighted by Crippen LogP contribution is -2.21. The van der Waals surface area contributed by atoms with Gasteiger partial charge in [-0.2, -0.15) is 0 Å². The molecule has 0 amide bonds. The highest BCUT2D eigenvalue weighted by Gasteiger charge is 2.11. The standard InChI is InChI=1S/C15H14N4O/c1-2-13-18-14-12(7-8-17-14)15(20)19(13)11-5-3-10(9-16)4-6-11/h2-8,17H,1,9,16H2. The maximum absolute atomic E-state index is 12.6. The van der Waals surface area contributed by atoms with E-state index in [0.717, 1.165) is 11.3 Å². The second kappa shape index (κ2) is 4.79. The number of hydrogen-bond acceptors (Lipinski definition) is 3. The first kappa shape index (κ1) is 12.4. The Labute approximate surface area is 115 Å². The molecular weight excluding hydrogens is 252 g/mol. The van der Waals surface area contributed by atoms with Crippen molar-refractivity contribution in [2.75, 3.05) is 0 Å². The zero-order valence-corrected chi connectivity index (χ0v) is 10.8. The van der Waals surface area contributed by atoms with Gasteiger partial charge < -0.3 is 10.7 Å². The van der Waals surface area contributed by atoms with Crippen LogP contribution in [0.4, 0.5) is 0 Å². The first-order valence-electron chi connectivity index (χ1n) is 6.26. The van der Waals surface area contributed by atoms with Crippen LogP contribution in [0.15, 0.2) is 47.9 Å². The largest absolute Gasteiger partial charge is 0.346 e. The van der Waals surface area contributed by atoms with Crippen LogP contribution in [0, 0.1) is 0 Å². The molecule has 5 nitrogen and oxygen atoms in total. The van der Waals surface area contributed by atoms with Crippen LogP contribution in [-0.2, 0) is 6.54 Å². The Kier molecular flexibility index (Phi) is 2.96. The Morgan fingerprint density at radius 3 is 2.70 bits per heavy atom. The normalized spacial score (nSPS) is 10.8. The van der Waals surface area contributed by atoms with Crippen molar-refractivity contribution < 1.29 is 0 Å². The quantitative estimate of drug-likeness (QED) is 0.759. The molecule has 1 aromatic carbocycles. The number of H-pyrrole nitrogens is 1. The number of nitrogens with one attached hydrogen (secondary N) is 1.